The van der Waals surface area contributed by atoms with Gasteiger partial charge in [-0.05, 0) is 195 Å². The Morgan fingerprint density at radius 3 is 1.18 bits per heavy atom. The van der Waals surface area contributed by atoms with E-state index in [1.807, 2.05) is 86.5 Å². The van der Waals surface area contributed by atoms with Gasteiger partial charge in [0.1, 0.15) is 23.2 Å². The number of aromatic nitrogens is 6. The van der Waals surface area contributed by atoms with Gasteiger partial charge in [0.15, 0.2) is 0 Å². The number of nitrogens with one attached hydrogen (secondary N) is 3. The van der Waals surface area contributed by atoms with Crippen LogP contribution in [-0.2, 0) is 11.6 Å². The average Bonchev–Trinajstić information content (AvgIpc) is 1.56. The van der Waals surface area contributed by atoms with Crippen molar-refractivity contribution >= 4 is 64.5 Å². The largest absolute Gasteiger partial charge is 0.506 e. The smallest absolute Gasteiger partial charge is 0.356 e. The lowest BCUT2D eigenvalue weighted by Crippen LogP contribution is -2.22. The van der Waals surface area contributed by atoms with Crippen molar-refractivity contribution in [3.05, 3.63) is 270 Å². The Morgan fingerprint density at radius 2 is 0.775 bits per heavy atom. The fourth-order valence-electron chi connectivity index (χ4n) is 15.2. The van der Waals surface area contributed by atoms with Gasteiger partial charge in [0, 0.05) is 215 Å². The molecule has 0 aliphatic carbocycles. The highest BCUT2D eigenvalue weighted by atomic mass is 31.2. The lowest BCUT2D eigenvalue weighted by Gasteiger charge is -2.20. The van der Waals surface area contributed by atoms with E-state index in [-0.39, 0.29) is 27.8 Å². The Balaban J connectivity index is 0.000000168. The van der Waals surface area contributed by atoms with Crippen LogP contribution >= 0.6 is 7.60 Å². The second kappa shape index (κ2) is 36.2. The number of benzene rings is 11. The first-order valence-electron chi connectivity index (χ1n) is 39.5. The molecule has 11 aromatic carbocycles. The van der Waals surface area contributed by atoms with Crippen molar-refractivity contribution in [2.24, 2.45) is 7.05 Å². The number of rotatable bonds is 21. The van der Waals surface area contributed by atoms with Gasteiger partial charge < -0.3 is 69.4 Å². The molecule has 0 aliphatic rings. The Hall–Kier alpha value is -13.5. The molecule has 6 N–H and O–H groups in total. The summed E-state index contributed by atoms with van der Waals surface area (Å²) < 4.78 is 16.1. The molecule has 0 saturated carbocycles. The predicted octanol–water partition coefficient (Wildman–Crippen LogP) is 18.3. The summed E-state index contributed by atoms with van der Waals surface area (Å²) in [6.07, 6.45) is 0. The summed E-state index contributed by atoms with van der Waals surface area (Å²) in [6.45, 7) is 8.72. The van der Waals surface area contributed by atoms with Crippen LogP contribution in [0.4, 0.5) is 39.8 Å². The number of phenols is 1. The normalized spacial score (nSPS) is 11.1. The maximum Gasteiger partial charge on any atom is 0.356 e. The van der Waals surface area contributed by atoms with Gasteiger partial charge >= 0.3 is 7.60 Å². The maximum atomic E-state index is 12.9. The molecule has 0 atom stereocenters. The zero-order valence-electron chi connectivity index (χ0n) is 72.4. The summed E-state index contributed by atoms with van der Waals surface area (Å²) >= 11 is 0. The molecule has 3 aromatic heterocycles. The fourth-order valence-corrected chi connectivity index (χ4v) is 15.7. The van der Waals surface area contributed by atoms with Gasteiger partial charge in [-0.1, -0.05) is 103 Å². The first-order valence-corrected chi connectivity index (χ1v) is 41.2. The maximum absolute atomic E-state index is 12.9. The number of phenolic OH excluding ortho intramolecular Hbond substituents is 1. The third-order valence-electron chi connectivity index (χ3n) is 21.5. The fraction of sp³-hybridized carbons (Fsp3) is 0.214. The monoisotopic (exact) mass is 1620 g/mol. The third-order valence-corrected chi connectivity index (χ3v) is 22.4. The number of H-pyrrole nitrogens is 1. The molecule has 14 rings (SSSR count). The molecule has 14 aromatic rings. The minimum atomic E-state index is -4.55. The van der Waals surface area contributed by atoms with Crippen molar-refractivity contribution in [1.82, 2.24) is 39.7 Å². The second-order valence-corrected chi connectivity index (χ2v) is 33.1. The second-order valence-electron chi connectivity index (χ2n) is 31.5. The third kappa shape index (κ3) is 18.4. The van der Waals surface area contributed by atoms with Crippen LogP contribution in [0.2, 0.25) is 0 Å². The summed E-state index contributed by atoms with van der Waals surface area (Å²) in [5.74, 6) is 0.547. The number of aromatic amines is 1. The molecule has 0 radical (unpaired) electrons. The first-order chi connectivity index (χ1) is 57.1. The lowest BCUT2D eigenvalue weighted by atomic mass is 9.93. The van der Waals surface area contributed by atoms with Gasteiger partial charge in [0.25, 0.3) is 11.8 Å². The Morgan fingerprint density at radius 1 is 0.392 bits per heavy atom. The van der Waals surface area contributed by atoms with Crippen LogP contribution in [0.3, 0.4) is 0 Å². The van der Waals surface area contributed by atoms with Crippen molar-refractivity contribution in [3.63, 3.8) is 0 Å². The zero-order valence-corrected chi connectivity index (χ0v) is 73.3. The number of imidazole rings is 3. The molecular formula is C98H108N15O6P. The molecule has 2 amide bonds. The molecule has 22 heteroatoms. The zero-order chi connectivity index (χ0) is 86.5. The average molecular weight is 1620 g/mol. The number of hydrogen-bond donors (Lipinski definition) is 6. The van der Waals surface area contributed by atoms with Gasteiger partial charge in [0.2, 0.25) is 0 Å². The van der Waals surface area contributed by atoms with Crippen molar-refractivity contribution in [3.8, 4) is 124 Å². The van der Waals surface area contributed by atoms with Gasteiger partial charge in [0.05, 0.1) is 50.6 Å². The molecule has 0 fully saturated rings. The quantitative estimate of drug-likeness (QED) is 0.0368. The van der Waals surface area contributed by atoms with E-state index in [1.54, 1.807) is 16.7 Å². The molecule has 21 nitrogen and oxygen atoms in total. The minimum absolute atomic E-state index is 0.0936. The van der Waals surface area contributed by atoms with Crippen LogP contribution in [0.25, 0.3) is 119 Å². The van der Waals surface area contributed by atoms with Crippen LogP contribution in [0, 0.1) is 27.7 Å². The number of aryl methyl sites for hydroxylation is 4. The Labute approximate surface area is 705 Å². The first kappa shape index (κ1) is 85.9. The molecule has 0 unspecified atom stereocenters. The van der Waals surface area contributed by atoms with Crippen molar-refractivity contribution in [2.75, 3.05) is 147 Å². The molecule has 0 bridgehead atoms. The van der Waals surface area contributed by atoms with Crippen molar-refractivity contribution in [1.29, 1.82) is 0 Å². The molecule has 120 heavy (non-hydrogen) atoms. The van der Waals surface area contributed by atoms with Gasteiger partial charge in [-0.25, -0.2) is 15.0 Å². The molecule has 0 aliphatic heterocycles. The lowest BCUT2D eigenvalue weighted by molar-refractivity contribution is 0.0960. The van der Waals surface area contributed by atoms with E-state index in [9.17, 15) is 29.0 Å². The molecular weight excluding hydrogens is 1510 g/mol. The highest BCUT2D eigenvalue weighted by Gasteiger charge is 2.30. The Kier molecular flexibility index (Phi) is 25.9. The summed E-state index contributed by atoms with van der Waals surface area (Å²) in [4.78, 5) is 79.3. The number of anilines is 7. The summed E-state index contributed by atoms with van der Waals surface area (Å²) in [7, 11) is 28.9. The highest BCUT2D eigenvalue weighted by Crippen LogP contribution is 2.46. The van der Waals surface area contributed by atoms with E-state index in [1.165, 1.54) is 100 Å². The summed E-state index contributed by atoms with van der Waals surface area (Å²) in [5.41, 5.74) is 29.4. The van der Waals surface area contributed by atoms with Crippen molar-refractivity contribution in [2.45, 2.75) is 27.7 Å². The van der Waals surface area contributed by atoms with Crippen molar-refractivity contribution < 1.29 is 29.0 Å². The molecule has 0 spiro atoms. The number of carbonyl (C=O) groups is 2. The van der Waals surface area contributed by atoms with E-state index in [0.717, 1.165) is 90.3 Å². The number of amides is 2. The van der Waals surface area contributed by atoms with E-state index in [2.05, 4.69) is 302 Å². The van der Waals surface area contributed by atoms with E-state index < -0.39 is 25.2 Å². The molecule has 0 saturated heterocycles. The van der Waals surface area contributed by atoms with Gasteiger partial charge in [-0.3, -0.25) is 18.7 Å². The predicted molar refractivity (Wildman–Crippen MR) is 499 cm³/mol. The van der Waals surface area contributed by atoms with Gasteiger partial charge in [-0.2, -0.15) is 0 Å². The Bertz CT molecular complexity index is 5930. The number of hydrogen-bond acceptors (Lipinski definition) is 14. The van der Waals surface area contributed by atoms with E-state index in [4.69, 9.17) is 15.0 Å². The topological polar surface area (TPSA) is 223 Å². The SMILES string of the molecule is CNC(=O)c1cc(C(=O)NC)c(O)c(-c2nc(-c3ccc(N(C)C)cc3)c(-c3ccc(N(C)C)cc3)n2-c2ccc(P(=O)(O)O)cc2)c1.Cc1cc(-c2nc(-c3ccc(N(C)C)cc3)c(-c3ccc(N(C)C)cc3)[nH]2)cc(C)c1-c1ccccc1.Cc1cc(-c2nc(-c3ccc(N(C)C)cc3)c(-c3ccc(N(C)C)cc3)n2C)cc(C)c1N(C)C. The summed E-state index contributed by atoms with van der Waals surface area (Å²) in [6, 6.07) is 78.3. The van der Waals surface area contributed by atoms with Crippen LogP contribution in [0.1, 0.15) is 43.0 Å². The molecule has 3 heterocycles. The standard InChI is InChI=1S/C35H37N6O6P.C33H34N4.C30H37N5/c1-36-34(43)23-19-28(32(42)29(20-23)35(44)37-2)33-38-30(21-7-11-24(12-8-21)39(3)4)31(22-9-13-25(14-10-22)40(5)6)41(33)26-15-17-27(18-16-26)48(45,46)47;1-22-20-27(21-23(2)30(22)24-10-8-7-9-11-24)33-34-31(25-12-16-28(17-13-25)36(3)4)32(35-33)26-14-18-29(19-15-26)37(5)6;1-20-18-24(19-21(2)28(20)34(7)8)30-31-27(22-10-14-25(15-11-22)32(3)4)29(35(30)9)23-12-16-26(17-13-23)33(5)6/h7-20,42H,1-6H3,(H,36,43)(H,37,44)(H2,45,46,47);7-21H,1-6H3,(H,34,35);10-19H,1-9H3. The number of aromatic hydroxyl groups is 1. The van der Waals surface area contributed by atoms with Crippen LogP contribution in [-0.4, -0.2) is 169 Å². The van der Waals surface area contributed by atoms with E-state index >= 15 is 0 Å². The van der Waals surface area contributed by atoms with Gasteiger partial charge in [-0.15, -0.1) is 0 Å². The molecule has 616 valence electrons. The minimum Gasteiger partial charge on any atom is -0.506 e. The number of nitrogens with zero attached hydrogens (tertiary/aromatic N) is 12. The van der Waals surface area contributed by atoms with Crippen LogP contribution in [0.15, 0.2) is 237 Å². The highest BCUT2D eigenvalue weighted by molar-refractivity contribution is 7.60. The van der Waals surface area contributed by atoms with E-state index in [0.29, 0.717) is 17.1 Å². The number of carbonyl (C=O) groups excluding carboxylic acids is 2. The van der Waals surface area contributed by atoms with Crippen LogP contribution in [0.5, 0.6) is 5.75 Å². The van der Waals surface area contributed by atoms with Crippen LogP contribution < -0.4 is 50.2 Å². The summed E-state index contributed by atoms with van der Waals surface area (Å²) in [5, 5.41) is 16.5.